The molecule has 0 saturated heterocycles. The highest BCUT2D eigenvalue weighted by atomic mass is 15.2. The summed E-state index contributed by atoms with van der Waals surface area (Å²) in [6.45, 7) is 5.83. The van der Waals surface area contributed by atoms with Gasteiger partial charge in [-0.3, -0.25) is 0 Å². The van der Waals surface area contributed by atoms with Gasteiger partial charge in [0.1, 0.15) is 0 Å². The molecular formula is C13H18N4. The van der Waals surface area contributed by atoms with Gasteiger partial charge >= 0.3 is 0 Å². The summed E-state index contributed by atoms with van der Waals surface area (Å²) >= 11 is 0. The van der Waals surface area contributed by atoms with Crippen LogP contribution in [0, 0.1) is 6.92 Å². The van der Waals surface area contributed by atoms with Crippen LogP contribution in [0.2, 0.25) is 0 Å². The summed E-state index contributed by atoms with van der Waals surface area (Å²) < 4.78 is 1.83. The summed E-state index contributed by atoms with van der Waals surface area (Å²) in [5, 5.41) is 7.72. The summed E-state index contributed by atoms with van der Waals surface area (Å²) in [6, 6.07) is 1.98. The number of nitrogens with zero attached hydrogens (tertiary/aromatic N) is 3. The number of allylic oxidation sites excluding steroid dienone is 1. The molecule has 0 aliphatic heterocycles. The number of hydrogen-bond donors (Lipinski definition) is 1. The minimum Gasteiger partial charge on any atom is -0.312 e. The number of fused-ring (bicyclic) bond motifs is 1. The van der Waals surface area contributed by atoms with Crippen LogP contribution in [0.5, 0.6) is 0 Å². The molecular weight excluding hydrogens is 212 g/mol. The smallest absolute Gasteiger partial charge is 0.155 e. The Morgan fingerprint density at radius 1 is 1.47 bits per heavy atom. The third kappa shape index (κ3) is 3.14. The first-order valence-corrected chi connectivity index (χ1v) is 5.92. The van der Waals surface area contributed by atoms with Crippen LogP contribution in [0.1, 0.15) is 24.6 Å². The maximum Gasteiger partial charge on any atom is 0.155 e. The summed E-state index contributed by atoms with van der Waals surface area (Å²) in [4.78, 5) is 4.36. The lowest BCUT2D eigenvalue weighted by Crippen LogP contribution is -2.14. The third-order valence-electron chi connectivity index (χ3n) is 2.54. The molecule has 2 heterocycles. The fraction of sp³-hybridized carbons (Fsp3) is 0.385. The molecule has 4 nitrogen and oxygen atoms in total. The van der Waals surface area contributed by atoms with Gasteiger partial charge in [-0.05, 0) is 26.8 Å². The first-order chi connectivity index (χ1) is 8.29. The Balaban J connectivity index is 1.94. The van der Waals surface area contributed by atoms with Crippen molar-refractivity contribution in [2.45, 2.75) is 26.8 Å². The van der Waals surface area contributed by atoms with Crippen molar-refractivity contribution < 1.29 is 0 Å². The molecule has 17 heavy (non-hydrogen) atoms. The monoisotopic (exact) mass is 230 g/mol. The topological polar surface area (TPSA) is 42.2 Å². The quantitative estimate of drug-likeness (QED) is 0.631. The Morgan fingerprint density at radius 3 is 3.18 bits per heavy atom. The molecule has 0 aliphatic rings. The molecule has 0 spiro atoms. The van der Waals surface area contributed by atoms with Crippen LogP contribution < -0.4 is 5.32 Å². The van der Waals surface area contributed by atoms with Crippen LogP contribution in [-0.4, -0.2) is 21.1 Å². The zero-order valence-electron chi connectivity index (χ0n) is 10.3. The lowest BCUT2D eigenvalue weighted by atomic mass is 10.3. The number of nitrogens with one attached hydrogen (secondary N) is 1. The van der Waals surface area contributed by atoms with Gasteiger partial charge in [0.15, 0.2) is 5.65 Å². The fourth-order valence-electron chi connectivity index (χ4n) is 1.71. The van der Waals surface area contributed by atoms with Crippen molar-refractivity contribution in [3.05, 3.63) is 41.9 Å². The van der Waals surface area contributed by atoms with Crippen molar-refractivity contribution in [3.63, 3.8) is 0 Å². The number of aryl methyl sites for hydroxylation is 1. The van der Waals surface area contributed by atoms with Gasteiger partial charge in [0.05, 0.1) is 5.69 Å². The second-order valence-electron chi connectivity index (χ2n) is 4.09. The minimum absolute atomic E-state index is 0.833. The van der Waals surface area contributed by atoms with E-state index in [1.54, 1.807) is 0 Å². The van der Waals surface area contributed by atoms with Crippen LogP contribution >= 0.6 is 0 Å². The van der Waals surface area contributed by atoms with Gasteiger partial charge in [-0.2, -0.15) is 5.10 Å². The molecule has 90 valence electrons. The minimum atomic E-state index is 0.833. The predicted octanol–water partition coefficient (Wildman–Crippen LogP) is 2.09. The van der Waals surface area contributed by atoms with Gasteiger partial charge < -0.3 is 5.32 Å². The molecule has 0 saturated carbocycles. The Bertz CT molecular complexity index is 513. The Labute approximate surface area is 101 Å². The van der Waals surface area contributed by atoms with Gasteiger partial charge in [0.2, 0.25) is 0 Å². The molecule has 2 aromatic heterocycles. The van der Waals surface area contributed by atoms with Crippen molar-refractivity contribution >= 4 is 5.65 Å². The molecule has 0 aliphatic carbocycles. The highest BCUT2D eigenvalue weighted by molar-refractivity contribution is 5.38. The SMILES string of the molecule is C/C=C/CCNCc1cnc2cc(C)nn2c1. The lowest BCUT2D eigenvalue weighted by Gasteiger charge is -2.03. The molecule has 2 rings (SSSR count). The maximum absolute atomic E-state index is 4.36. The van der Waals surface area contributed by atoms with E-state index < -0.39 is 0 Å². The van der Waals surface area contributed by atoms with Gasteiger partial charge in [0, 0.05) is 30.6 Å². The van der Waals surface area contributed by atoms with Crippen molar-refractivity contribution in [2.24, 2.45) is 0 Å². The van der Waals surface area contributed by atoms with Crippen molar-refractivity contribution in [2.75, 3.05) is 6.54 Å². The van der Waals surface area contributed by atoms with E-state index in [0.29, 0.717) is 0 Å². The molecule has 0 radical (unpaired) electrons. The molecule has 0 bridgehead atoms. The molecule has 0 atom stereocenters. The van der Waals surface area contributed by atoms with E-state index in [-0.39, 0.29) is 0 Å². The molecule has 4 heteroatoms. The second kappa shape index (κ2) is 5.59. The second-order valence-corrected chi connectivity index (χ2v) is 4.09. The lowest BCUT2D eigenvalue weighted by molar-refractivity contribution is 0.688. The molecule has 0 fully saturated rings. The first-order valence-electron chi connectivity index (χ1n) is 5.92. The van der Waals surface area contributed by atoms with E-state index in [1.165, 1.54) is 0 Å². The summed E-state index contributed by atoms with van der Waals surface area (Å²) in [5.41, 5.74) is 3.05. The zero-order chi connectivity index (χ0) is 12.1. The predicted molar refractivity (Wildman–Crippen MR) is 68.9 cm³/mol. The van der Waals surface area contributed by atoms with E-state index >= 15 is 0 Å². The summed E-state index contributed by atoms with van der Waals surface area (Å²) in [5.74, 6) is 0. The van der Waals surface area contributed by atoms with E-state index in [9.17, 15) is 0 Å². The Morgan fingerprint density at radius 2 is 2.35 bits per heavy atom. The highest BCUT2D eigenvalue weighted by Gasteiger charge is 2.00. The largest absolute Gasteiger partial charge is 0.312 e. The molecule has 1 N–H and O–H groups in total. The highest BCUT2D eigenvalue weighted by Crippen LogP contribution is 2.04. The fourth-order valence-corrected chi connectivity index (χ4v) is 1.71. The van der Waals surface area contributed by atoms with E-state index in [0.717, 1.165) is 36.4 Å². The molecule has 0 unspecified atom stereocenters. The van der Waals surface area contributed by atoms with Gasteiger partial charge in [-0.1, -0.05) is 12.2 Å². The Kier molecular flexibility index (Phi) is 3.88. The van der Waals surface area contributed by atoms with E-state index in [2.05, 4.69) is 27.6 Å². The number of rotatable bonds is 5. The first kappa shape index (κ1) is 11.8. The van der Waals surface area contributed by atoms with Gasteiger partial charge in [-0.25, -0.2) is 9.50 Å². The average molecular weight is 230 g/mol. The van der Waals surface area contributed by atoms with Crippen LogP contribution in [0.4, 0.5) is 0 Å². The van der Waals surface area contributed by atoms with Crippen molar-refractivity contribution in [3.8, 4) is 0 Å². The average Bonchev–Trinajstić information content (AvgIpc) is 2.68. The normalized spacial score (nSPS) is 11.6. The van der Waals surface area contributed by atoms with Crippen LogP contribution in [0.3, 0.4) is 0 Å². The van der Waals surface area contributed by atoms with Crippen LogP contribution in [0.15, 0.2) is 30.6 Å². The number of aromatic nitrogens is 3. The van der Waals surface area contributed by atoms with Crippen molar-refractivity contribution in [1.82, 2.24) is 19.9 Å². The molecule has 0 aromatic carbocycles. The summed E-state index contributed by atoms with van der Waals surface area (Å²) in [7, 11) is 0. The van der Waals surface area contributed by atoms with Gasteiger partial charge in [-0.15, -0.1) is 0 Å². The van der Waals surface area contributed by atoms with Crippen LogP contribution in [-0.2, 0) is 6.54 Å². The molecule has 0 amide bonds. The zero-order valence-corrected chi connectivity index (χ0v) is 10.3. The number of hydrogen-bond acceptors (Lipinski definition) is 3. The maximum atomic E-state index is 4.36. The van der Waals surface area contributed by atoms with Gasteiger partial charge in [0.25, 0.3) is 0 Å². The molecule has 2 aromatic rings. The van der Waals surface area contributed by atoms with Crippen molar-refractivity contribution in [1.29, 1.82) is 0 Å². The third-order valence-corrected chi connectivity index (χ3v) is 2.54. The van der Waals surface area contributed by atoms with E-state index in [1.807, 2.05) is 36.8 Å². The summed E-state index contributed by atoms with van der Waals surface area (Å²) in [6.07, 6.45) is 9.22. The standard InChI is InChI=1S/C13H18N4/c1-3-4-5-6-14-8-12-9-15-13-7-11(2)16-17(13)10-12/h3-4,7,9-10,14H,5-6,8H2,1-2H3/b4-3+. The Hall–Kier alpha value is -1.68. The van der Waals surface area contributed by atoms with E-state index in [4.69, 9.17) is 0 Å². The van der Waals surface area contributed by atoms with Crippen LogP contribution in [0.25, 0.3) is 5.65 Å².